The first-order valence-corrected chi connectivity index (χ1v) is 11.2. The Morgan fingerprint density at radius 1 is 1.12 bits per heavy atom. The van der Waals surface area contributed by atoms with Crippen LogP contribution in [0.2, 0.25) is 5.02 Å². The van der Waals surface area contributed by atoms with Crippen molar-refractivity contribution >= 4 is 28.5 Å². The molecule has 6 nitrogen and oxygen atoms in total. The maximum atomic E-state index is 13.4. The van der Waals surface area contributed by atoms with Gasteiger partial charge in [0.1, 0.15) is 0 Å². The van der Waals surface area contributed by atoms with Gasteiger partial charge in [0.2, 0.25) is 0 Å². The van der Waals surface area contributed by atoms with Gasteiger partial charge in [0.15, 0.2) is 0 Å². The summed E-state index contributed by atoms with van der Waals surface area (Å²) in [4.78, 5) is 27.0. The van der Waals surface area contributed by atoms with Crippen molar-refractivity contribution in [3.63, 3.8) is 0 Å². The maximum absolute atomic E-state index is 13.4. The minimum atomic E-state index is -0.951. The number of halogens is 1. The highest BCUT2D eigenvalue weighted by atomic mass is 35.5. The van der Waals surface area contributed by atoms with Crippen molar-refractivity contribution in [3.05, 3.63) is 75.2 Å². The summed E-state index contributed by atoms with van der Waals surface area (Å²) in [7, 11) is 0. The van der Waals surface area contributed by atoms with Crippen molar-refractivity contribution in [1.82, 2.24) is 14.7 Å². The van der Waals surface area contributed by atoms with Crippen LogP contribution in [-0.4, -0.2) is 38.0 Å². The fourth-order valence-electron chi connectivity index (χ4n) is 4.93. The Morgan fingerprint density at radius 2 is 1.78 bits per heavy atom. The van der Waals surface area contributed by atoms with Crippen molar-refractivity contribution in [2.45, 2.75) is 52.1 Å². The molecule has 1 N–H and O–H groups in total. The summed E-state index contributed by atoms with van der Waals surface area (Å²) in [6, 6.07) is 15.1. The van der Waals surface area contributed by atoms with Gasteiger partial charge in [0, 0.05) is 23.4 Å². The number of benzene rings is 2. The van der Waals surface area contributed by atoms with Gasteiger partial charge in [-0.3, -0.25) is 4.79 Å². The van der Waals surface area contributed by atoms with Crippen molar-refractivity contribution in [3.8, 4) is 0 Å². The lowest BCUT2D eigenvalue weighted by molar-refractivity contribution is 0.0143. The highest BCUT2D eigenvalue weighted by molar-refractivity contribution is 6.30. The van der Waals surface area contributed by atoms with Crippen molar-refractivity contribution < 1.29 is 9.90 Å². The lowest BCUT2D eigenvalue weighted by Crippen LogP contribution is -2.59. The Hall–Kier alpha value is -2.86. The molecule has 168 valence electrons. The van der Waals surface area contributed by atoms with Crippen LogP contribution in [0.4, 0.5) is 4.79 Å². The minimum absolute atomic E-state index is 0.193. The third-order valence-corrected chi connectivity index (χ3v) is 7.01. The highest BCUT2D eigenvalue weighted by Gasteiger charge is 2.52. The normalized spacial score (nSPS) is 18.9. The lowest BCUT2D eigenvalue weighted by atomic mass is 9.71. The van der Waals surface area contributed by atoms with Crippen molar-refractivity contribution in [2.75, 3.05) is 6.54 Å². The Kier molecular flexibility index (Phi) is 5.76. The summed E-state index contributed by atoms with van der Waals surface area (Å²) in [5, 5.41) is 16.8. The molecule has 1 saturated heterocycles. The molecule has 0 saturated carbocycles. The van der Waals surface area contributed by atoms with E-state index in [4.69, 9.17) is 16.7 Å². The van der Waals surface area contributed by atoms with Gasteiger partial charge in [0.25, 0.3) is 5.56 Å². The van der Waals surface area contributed by atoms with Gasteiger partial charge in [0.05, 0.1) is 23.2 Å². The molecule has 7 heteroatoms. The predicted octanol–water partition coefficient (Wildman–Crippen LogP) is 5.20. The Labute approximate surface area is 192 Å². The molecule has 32 heavy (non-hydrogen) atoms. The number of rotatable bonds is 4. The van der Waals surface area contributed by atoms with Crippen molar-refractivity contribution in [1.29, 1.82) is 0 Å². The van der Waals surface area contributed by atoms with Crippen LogP contribution in [0, 0.1) is 5.41 Å². The number of carbonyl (C=O) groups is 1. The molecule has 1 aliphatic heterocycles. The molecule has 2 aromatic carbocycles. The van der Waals surface area contributed by atoms with Gasteiger partial charge in [-0.1, -0.05) is 62.7 Å². The van der Waals surface area contributed by atoms with Crippen LogP contribution in [0.25, 0.3) is 10.8 Å². The standard InChI is InChI=1S/C25H28ClN3O3/c1-24(2,3)25(13-6-14-28(25)23(31)32)16-29-22(30)20-8-5-4-7-19(20)21(27-29)15-17-9-11-18(26)12-10-17/h4-5,7-12H,6,13-16H2,1-3H3,(H,31,32)/t25-/m1/s1. The maximum Gasteiger partial charge on any atom is 0.407 e. The molecule has 1 amide bonds. The van der Waals surface area contributed by atoms with Crippen LogP contribution in [0.1, 0.15) is 44.9 Å². The molecule has 3 aromatic rings. The highest BCUT2D eigenvalue weighted by Crippen LogP contribution is 2.44. The van der Waals surface area contributed by atoms with Crippen LogP contribution in [0.15, 0.2) is 53.3 Å². The Bertz CT molecular complexity index is 1210. The van der Waals surface area contributed by atoms with Gasteiger partial charge in [-0.25, -0.2) is 9.48 Å². The number of carboxylic acid groups (broad SMARTS) is 1. The van der Waals surface area contributed by atoms with E-state index in [1.807, 2.05) is 69.3 Å². The summed E-state index contributed by atoms with van der Waals surface area (Å²) in [6.07, 6.45) is 1.05. The summed E-state index contributed by atoms with van der Waals surface area (Å²) in [6.45, 7) is 6.80. The first-order chi connectivity index (χ1) is 15.1. The molecule has 1 atom stereocenters. The van der Waals surface area contributed by atoms with Crippen LogP contribution < -0.4 is 5.56 Å². The second-order valence-corrected chi connectivity index (χ2v) is 10.0. The van der Waals surface area contributed by atoms with E-state index in [1.165, 1.54) is 9.58 Å². The molecular weight excluding hydrogens is 426 g/mol. The second kappa shape index (κ2) is 8.24. The minimum Gasteiger partial charge on any atom is -0.465 e. The van der Waals surface area contributed by atoms with Crippen LogP contribution >= 0.6 is 11.6 Å². The zero-order valence-corrected chi connectivity index (χ0v) is 19.4. The van der Waals surface area contributed by atoms with Crippen LogP contribution in [0.3, 0.4) is 0 Å². The van der Waals surface area contributed by atoms with Gasteiger partial charge in [-0.2, -0.15) is 5.10 Å². The van der Waals surface area contributed by atoms with Gasteiger partial charge in [-0.15, -0.1) is 0 Å². The largest absolute Gasteiger partial charge is 0.465 e. The first-order valence-electron chi connectivity index (χ1n) is 10.9. The molecule has 0 spiro atoms. The zero-order valence-electron chi connectivity index (χ0n) is 18.6. The van der Waals surface area contributed by atoms with E-state index in [0.717, 1.165) is 23.1 Å². The average molecular weight is 454 g/mol. The fourth-order valence-corrected chi connectivity index (χ4v) is 5.05. The number of fused-ring (bicyclic) bond motifs is 1. The number of nitrogens with zero attached hydrogens (tertiary/aromatic N) is 3. The average Bonchev–Trinajstić information content (AvgIpc) is 3.18. The summed E-state index contributed by atoms with van der Waals surface area (Å²) in [5.41, 5.74) is 0.546. The van der Waals surface area contributed by atoms with E-state index in [0.29, 0.717) is 29.8 Å². The van der Waals surface area contributed by atoms with Crippen LogP contribution in [-0.2, 0) is 13.0 Å². The molecule has 0 radical (unpaired) electrons. The number of aromatic nitrogens is 2. The number of likely N-dealkylation sites (tertiary alicyclic amines) is 1. The molecule has 4 rings (SSSR count). The summed E-state index contributed by atoms with van der Waals surface area (Å²) < 4.78 is 1.49. The van der Waals surface area contributed by atoms with Gasteiger partial charge < -0.3 is 10.0 Å². The van der Waals surface area contributed by atoms with E-state index in [9.17, 15) is 14.7 Å². The van der Waals surface area contributed by atoms with E-state index >= 15 is 0 Å². The third kappa shape index (κ3) is 3.88. The molecule has 2 heterocycles. The topological polar surface area (TPSA) is 75.4 Å². The first kappa shape index (κ1) is 22.3. The molecule has 1 aromatic heterocycles. The molecule has 1 fully saturated rings. The number of hydrogen-bond donors (Lipinski definition) is 1. The number of amides is 1. The molecule has 0 aliphatic carbocycles. The van der Waals surface area contributed by atoms with E-state index in [-0.39, 0.29) is 17.5 Å². The fraction of sp³-hybridized carbons (Fsp3) is 0.400. The monoisotopic (exact) mass is 453 g/mol. The quantitative estimate of drug-likeness (QED) is 0.589. The van der Waals surface area contributed by atoms with E-state index in [2.05, 4.69) is 0 Å². The molecule has 1 aliphatic rings. The lowest BCUT2D eigenvalue weighted by Gasteiger charge is -2.47. The molecule has 0 bridgehead atoms. The van der Waals surface area contributed by atoms with Gasteiger partial charge in [-0.05, 0) is 42.0 Å². The van der Waals surface area contributed by atoms with Crippen molar-refractivity contribution in [2.24, 2.45) is 5.41 Å². The predicted molar refractivity (Wildman–Crippen MR) is 126 cm³/mol. The zero-order chi connectivity index (χ0) is 23.1. The van der Waals surface area contributed by atoms with Gasteiger partial charge >= 0.3 is 6.09 Å². The third-order valence-electron chi connectivity index (χ3n) is 6.76. The Balaban J connectivity index is 1.85. The van der Waals surface area contributed by atoms with E-state index < -0.39 is 11.6 Å². The smallest absolute Gasteiger partial charge is 0.407 e. The second-order valence-electron chi connectivity index (χ2n) is 9.58. The van der Waals surface area contributed by atoms with E-state index in [1.54, 1.807) is 0 Å². The SMILES string of the molecule is CC(C)(C)[C@]1(Cn2nc(Cc3ccc(Cl)cc3)c3ccccc3c2=O)CCCN1C(=O)O. The summed E-state index contributed by atoms with van der Waals surface area (Å²) >= 11 is 6.03. The number of hydrogen-bond acceptors (Lipinski definition) is 3. The Morgan fingerprint density at radius 3 is 2.41 bits per heavy atom. The van der Waals surface area contributed by atoms with Crippen LogP contribution in [0.5, 0.6) is 0 Å². The summed E-state index contributed by atoms with van der Waals surface area (Å²) in [5.74, 6) is 0. The molecule has 0 unspecified atom stereocenters. The molecular formula is C25H28ClN3O3.